The fourth-order valence-corrected chi connectivity index (χ4v) is 3.58. The van der Waals surface area contributed by atoms with Crippen molar-refractivity contribution in [3.8, 4) is 5.69 Å². The van der Waals surface area contributed by atoms with E-state index in [1.807, 2.05) is 30.5 Å². The highest BCUT2D eigenvalue weighted by Crippen LogP contribution is 2.28. The minimum Gasteiger partial charge on any atom is -0.357 e. The number of hydrogen-bond acceptors (Lipinski definition) is 5. The van der Waals surface area contributed by atoms with Crippen LogP contribution in [0.2, 0.25) is 0 Å². The second kappa shape index (κ2) is 5.94. The van der Waals surface area contributed by atoms with E-state index in [-0.39, 0.29) is 5.91 Å². The van der Waals surface area contributed by atoms with Crippen molar-refractivity contribution in [2.45, 2.75) is 19.4 Å². The number of pyridine rings is 2. The summed E-state index contributed by atoms with van der Waals surface area (Å²) in [6.45, 7) is 2.62. The molecule has 0 bridgehead atoms. The number of carbonyl (C=O) groups excluding carboxylic acids is 1. The summed E-state index contributed by atoms with van der Waals surface area (Å²) in [6, 6.07) is 7.70. The summed E-state index contributed by atoms with van der Waals surface area (Å²) in [7, 11) is 0. The average molecular weight is 346 g/mol. The molecule has 1 amide bonds. The number of amides is 1. The van der Waals surface area contributed by atoms with Gasteiger partial charge in [0.15, 0.2) is 0 Å². The maximum absolute atomic E-state index is 12.7. The summed E-state index contributed by atoms with van der Waals surface area (Å²) < 4.78 is 1.74. The van der Waals surface area contributed by atoms with Crippen molar-refractivity contribution in [2.75, 3.05) is 22.9 Å². The lowest BCUT2D eigenvalue weighted by Gasteiger charge is -2.16. The van der Waals surface area contributed by atoms with Crippen LogP contribution >= 0.6 is 0 Å². The van der Waals surface area contributed by atoms with E-state index in [1.165, 1.54) is 12.8 Å². The molecule has 0 aliphatic carbocycles. The first-order chi connectivity index (χ1) is 12.8. The molecule has 2 aliphatic heterocycles. The lowest BCUT2D eigenvalue weighted by molar-refractivity contribution is 0.0996. The van der Waals surface area contributed by atoms with Gasteiger partial charge in [0.2, 0.25) is 0 Å². The predicted molar refractivity (Wildman–Crippen MR) is 97.6 cm³/mol. The number of nitrogens with zero attached hydrogens (tertiary/aromatic N) is 6. The molecule has 130 valence electrons. The van der Waals surface area contributed by atoms with E-state index in [0.29, 0.717) is 12.1 Å². The van der Waals surface area contributed by atoms with E-state index in [0.717, 1.165) is 36.0 Å². The molecule has 1 fully saturated rings. The van der Waals surface area contributed by atoms with Gasteiger partial charge in [0.1, 0.15) is 5.82 Å². The summed E-state index contributed by atoms with van der Waals surface area (Å²) >= 11 is 0. The third kappa shape index (κ3) is 2.44. The first-order valence-electron chi connectivity index (χ1n) is 8.81. The monoisotopic (exact) mass is 346 g/mol. The lowest BCUT2D eigenvalue weighted by Crippen LogP contribution is -2.23. The summed E-state index contributed by atoms with van der Waals surface area (Å²) in [4.78, 5) is 25.3. The van der Waals surface area contributed by atoms with E-state index in [1.54, 1.807) is 28.2 Å². The van der Waals surface area contributed by atoms with E-state index in [2.05, 4.69) is 20.0 Å². The minimum absolute atomic E-state index is 0.0286. The van der Waals surface area contributed by atoms with Crippen molar-refractivity contribution in [2.24, 2.45) is 0 Å². The van der Waals surface area contributed by atoms with Crippen LogP contribution in [-0.2, 0) is 6.54 Å². The van der Waals surface area contributed by atoms with Crippen LogP contribution in [0.15, 0.2) is 49.1 Å². The summed E-state index contributed by atoms with van der Waals surface area (Å²) in [5.74, 6) is 0.977. The van der Waals surface area contributed by atoms with Crippen LogP contribution in [-0.4, -0.2) is 38.7 Å². The van der Waals surface area contributed by atoms with E-state index < -0.39 is 0 Å². The lowest BCUT2D eigenvalue weighted by atomic mass is 10.3. The van der Waals surface area contributed by atoms with Crippen molar-refractivity contribution in [1.29, 1.82) is 0 Å². The predicted octanol–water partition coefficient (Wildman–Crippen LogP) is 2.42. The standard InChI is InChI=1S/C19H18N6O/c26-19-16-12-25(15-3-4-18(21-11-15)23-9-1-2-10-23)22-17(16)13-24(19)14-5-7-20-8-6-14/h3-8,11-12H,1-2,9-10,13H2. The van der Waals surface area contributed by atoms with Gasteiger partial charge in [0, 0.05) is 37.4 Å². The Morgan fingerprint density at radius 1 is 0.962 bits per heavy atom. The van der Waals surface area contributed by atoms with E-state index >= 15 is 0 Å². The SMILES string of the molecule is O=C1c2cn(-c3ccc(N4CCCC4)nc3)nc2CN1c1ccncc1. The quantitative estimate of drug-likeness (QED) is 0.729. The van der Waals surface area contributed by atoms with Crippen LogP contribution in [0, 0.1) is 0 Å². The summed E-state index contributed by atoms with van der Waals surface area (Å²) in [6.07, 6.45) is 9.45. The molecule has 0 spiro atoms. The van der Waals surface area contributed by atoms with Gasteiger partial charge in [0.25, 0.3) is 5.91 Å². The Balaban J connectivity index is 1.39. The van der Waals surface area contributed by atoms with Gasteiger partial charge < -0.3 is 9.80 Å². The minimum atomic E-state index is -0.0286. The molecule has 1 saturated heterocycles. The first kappa shape index (κ1) is 15.1. The molecular weight excluding hydrogens is 328 g/mol. The highest BCUT2D eigenvalue weighted by molar-refractivity contribution is 6.09. The van der Waals surface area contributed by atoms with Crippen LogP contribution in [0.1, 0.15) is 28.9 Å². The number of anilines is 2. The van der Waals surface area contributed by atoms with Gasteiger partial charge >= 0.3 is 0 Å². The number of carbonyl (C=O) groups is 1. The van der Waals surface area contributed by atoms with Crippen molar-refractivity contribution < 1.29 is 4.79 Å². The average Bonchev–Trinajstić information content (AvgIpc) is 3.41. The molecule has 3 aromatic heterocycles. The molecule has 7 heteroatoms. The van der Waals surface area contributed by atoms with Crippen LogP contribution in [0.4, 0.5) is 11.5 Å². The Labute approximate surface area is 150 Å². The molecule has 3 aromatic rings. The Hall–Kier alpha value is -3.22. The molecule has 0 aromatic carbocycles. The third-order valence-corrected chi connectivity index (χ3v) is 4.98. The Bertz CT molecular complexity index is 944. The number of aromatic nitrogens is 4. The van der Waals surface area contributed by atoms with E-state index in [4.69, 9.17) is 0 Å². The second-order valence-electron chi connectivity index (χ2n) is 6.60. The molecule has 26 heavy (non-hydrogen) atoms. The van der Waals surface area contributed by atoms with Crippen LogP contribution < -0.4 is 9.80 Å². The number of hydrogen-bond donors (Lipinski definition) is 0. The van der Waals surface area contributed by atoms with Crippen molar-refractivity contribution in [3.05, 3.63) is 60.3 Å². The normalized spacial score (nSPS) is 16.4. The second-order valence-corrected chi connectivity index (χ2v) is 6.60. The van der Waals surface area contributed by atoms with Crippen molar-refractivity contribution >= 4 is 17.4 Å². The van der Waals surface area contributed by atoms with Gasteiger partial charge in [-0.25, -0.2) is 9.67 Å². The van der Waals surface area contributed by atoms with Crippen molar-refractivity contribution in [3.63, 3.8) is 0 Å². The molecule has 5 rings (SSSR count). The molecule has 0 radical (unpaired) electrons. The van der Waals surface area contributed by atoms with Crippen molar-refractivity contribution in [1.82, 2.24) is 19.7 Å². The maximum atomic E-state index is 12.7. The largest absolute Gasteiger partial charge is 0.357 e. The Morgan fingerprint density at radius 3 is 2.46 bits per heavy atom. The molecular formula is C19H18N6O. The fraction of sp³-hybridized carbons (Fsp3) is 0.263. The van der Waals surface area contributed by atoms with Gasteiger partial charge in [0.05, 0.1) is 29.7 Å². The van der Waals surface area contributed by atoms with Gasteiger partial charge in [-0.2, -0.15) is 5.10 Å². The third-order valence-electron chi connectivity index (χ3n) is 4.98. The van der Waals surface area contributed by atoms with Crippen LogP contribution in [0.25, 0.3) is 5.69 Å². The van der Waals surface area contributed by atoms with Gasteiger partial charge in [-0.1, -0.05) is 0 Å². The molecule has 0 saturated carbocycles. The Kier molecular flexibility index (Phi) is 3.44. The van der Waals surface area contributed by atoms with E-state index in [9.17, 15) is 4.79 Å². The summed E-state index contributed by atoms with van der Waals surface area (Å²) in [5.41, 5.74) is 3.14. The topological polar surface area (TPSA) is 67.2 Å². The van der Waals surface area contributed by atoms with Gasteiger partial charge in [-0.3, -0.25) is 9.78 Å². The van der Waals surface area contributed by atoms with Crippen LogP contribution in [0.3, 0.4) is 0 Å². The molecule has 0 N–H and O–H groups in total. The molecule has 0 unspecified atom stereocenters. The summed E-state index contributed by atoms with van der Waals surface area (Å²) in [5, 5.41) is 4.60. The number of fused-ring (bicyclic) bond motifs is 1. The highest BCUT2D eigenvalue weighted by Gasteiger charge is 2.32. The highest BCUT2D eigenvalue weighted by atomic mass is 16.2. The zero-order valence-corrected chi connectivity index (χ0v) is 14.2. The smallest absolute Gasteiger partial charge is 0.262 e. The zero-order chi connectivity index (χ0) is 17.5. The fourth-order valence-electron chi connectivity index (χ4n) is 3.58. The molecule has 5 heterocycles. The van der Waals surface area contributed by atoms with Gasteiger partial charge in [-0.05, 0) is 37.1 Å². The molecule has 0 atom stereocenters. The van der Waals surface area contributed by atoms with Crippen LogP contribution in [0.5, 0.6) is 0 Å². The molecule has 7 nitrogen and oxygen atoms in total. The first-order valence-corrected chi connectivity index (χ1v) is 8.81. The number of rotatable bonds is 3. The van der Waals surface area contributed by atoms with Gasteiger partial charge in [-0.15, -0.1) is 0 Å². The Morgan fingerprint density at radius 2 is 1.77 bits per heavy atom. The maximum Gasteiger partial charge on any atom is 0.262 e. The molecule has 2 aliphatic rings. The zero-order valence-electron chi connectivity index (χ0n) is 14.2.